The van der Waals surface area contributed by atoms with Gasteiger partial charge in [0.1, 0.15) is 6.04 Å². The predicted octanol–water partition coefficient (Wildman–Crippen LogP) is -0.516. The van der Waals surface area contributed by atoms with Crippen molar-refractivity contribution in [2.45, 2.75) is 25.3 Å². The molecular formula is C12H16N8O. The van der Waals surface area contributed by atoms with Crippen LogP contribution < -0.4 is 16.4 Å². The zero-order chi connectivity index (χ0) is 14.8. The molecule has 0 saturated carbocycles. The van der Waals surface area contributed by atoms with Crippen molar-refractivity contribution in [3.8, 4) is 5.95 Å². The second-order valence-corrected chi connectivity index (χ2v) is 4.85. The van der Waals surface area contributed by atoms with E-state index in [0.29, 0.717) is 24.9 Å². The molecule has 110 valence electrons. The molecule has 0 bridgehead atoms. The number of rotatable bonds is 3. The quantitative estimate of drug-likeness (QED) is 0.777. The maximum Gasteiger partial charge on any atom is 0.257 e. The lowest BCUT2D eigenvalue weighted by Gasteiger charge is -2.33. The lowest BCUT2D eigenvalue weighted by molar-refractivity contribution is -0.119. The van der Waals surface area contributed by atoms with Crippen molar-refractivity contribution in [2.75, 3.05) is 17.2 Å². The number of amides is 1. The van der Waals surface area contributed by atoms with Gasteiger partial charge in [0.25, 0.3) is 5.95 Å². The summed E-state index contributed by atoms with van der Waals surface area (Å²) >= 11 is 0. The van der Waals surface area contributed by atoms with Crippen molar-refractivity contribution in [1.29, 1.82) is 0 Å². The minimum Gasteiger partial charge on any atom is -0.368 e. The molecular weight excluding hydrogens is 272 g/mol. The number of primary amides is 1. The lowest BCUT2D eigenvalue weighted by atomic mass is 10.0. The summed E-state index contributed by atoms with van der Waals surface area (Å²) in [5.41, 5.74) is 11.2. The van der Waals surface area contributed by atoms with Crippen LogP contribution in [0.4, 0.5) is 11.9 Å². The first kappa shape index (κ1) is 13.3. The Labute approximate surface area is 121 Å². The van der Waals surface area contributed by atoms with Crippen LogP contribution in [0.5, 0.6) is 0 Å². The molecule has 1 unspecified atom stereocenters. The largest absolute Gasteiger partial charge is 0.368 e. The van der Waals surface area contributed by atoms with Gasteiger partial charge >= 0.3 is 0 Å². The first-order chi connectivity index (χ1) is 10.1. The Morgan fingerprint density at radius 2 is 2.05 bits per heavy atom. The number of hydrogen-bond donors (Lipinski definition) is 2. The first-order valence-electron chi connectivity index (χ1n) is 6.72. The van der Waals surface area contributed by atoms with E-state index in [0.717, 1.165) is 12.8 Å². The maximum absolute atomic E-state index is 11.6. The normalized spacial score (nSPS) is 18.7. The van der Waals surface area contributed by atoms with E-state index >= 15 is 0 Å². The molecule has 1 fully saturated rings. The Hall–Kier alpha value is -2.71. The summed E-state index contributed by atoms with van der Waals surface area (Å²) in [7, 11) is 0. The molecule has 3 rings (SSSR count). The summed E-state index contributed by atoms with van der Waals surface area (Å²) in [6.07, 6.45) is 5.92. The molecule has 0 radical (unpaired) electrons. The smallest absolute Gasteiger partial charge is 0.257 e. The van der Waals surface area contributed by atoms with Crippen LogP contribution in [0.15, 0.2) is 18.5 Å². The second-order valence-electron chi connectivity index (χ2n) is 4.85. The second kappa shape index (κ2) is 5.35. The maximum atomic E-state index is 11.6. The molecule has 1 atom stereocenters. The Balaban J connectivity index is 1.99. The average Bonchev–Trinajstić information content (AvgIpc) is 3.01. The fourth-order valence-corrected chi connectivity index (χ4v) is 2.45. The van der Waals surface area contributed by atoms with E-state index in [9.17, 15) is 4.79 Å². The summed E-state index contributed by atoms with van der Waals surface area (Å²) in [5, 5.41) is 4.07. The van der Waals surface area contributed by atoms with Crippen LogP contribution in [0.2, 0.25) is 0 Å². The highest BCUT2D eigenvalue weighted by Gasteiger charge is 2.29. The third-order valence-electron chi connectivity index (χ3n) is 3.43. The Bertz CT molecular complexity index is 641. The van der Waals surface area contributed by atoms with Crippen LogP contribution in [0.25, 0.3) is 5.95 Å². The molecule has 9 nitrogen and oxygen atoms in total. The number of nitrogens with two attached hydrogens (primary N) is 2. The highest BCUT2D eigenvalue weighted by Crippen LogP contribution is 2.22. The van der Waals surface area contributed by atoms with Crippen molar-refractivity contribution in [2.24, 2.45) is 5.73 Å². The van der Waals surface area contributed by atoms with Gasteiger partial charge in [0.15, 0.2) is 0 Å². The Morgan fingerprint density at radius 1 is 1.24 bits per heavy atom. The summed E-state index contributed by atoms with van der Waals surface area (Å²) in [6, 6.07) is 1.35. The fraction of sp³-hybridized carbons (Fsp3) is 0.417. The van der Waals surface area contributed by atoms with Crippen LogP contribution in [0.3, 0.4) is 0 Å². The standard InChI is InChI=1S/C12H16N8O/c13-9(21)8-4-1-2-6-19(8)11-16-10(14)17-12(18-11)20-7-3-5-15-20/h3,5,7-8H,1-2,4,6H2,(H2,13,21)(H2,14,16,17,18). The van der Waals surface area contributed by atoms with Gasteiger partial charge < -0.3 is 16.4 Å². The average molecular weight is 288 g/mol. The molecule has 0 aromatic carbocycles. The van der Waals surface area contributed by atoms with Crippen LogP contribution in [-0.4, -0.2) is 43.2 Å². The fourth-order valence-electron chi connectivity index (χ4n) is 2.45. The zero-order valence-electron chi connectivity index (χ0n) is 11.4. The molecule has 2 aromatic heterocycles. The molecule has 4 N–H and O–H groups in total. The molecule has 0 aliphatic carbocycles. The van der Waals surface area contributed by atoms with Crippen LogP contribution >= 0.6 is 0 Å². The molecule has 9 heteroatoms. The minimum absolute atomic E-state index is 0.0827. The van der Waals surface area contributed by atoms with Crippen molar-refractivity contribution >= 4 is 17.8 Å². The van der Waals surface area contributed by atoms with Crippen molar-refractivity contribution in [3.63, 3.8) is 0 Å². The van der Waals surface area contributed by atoms with Crippen LogP contribution in [-0.2, 0) is 4.79 Å². The van der Waals surface area contributed by atoms with E-state index < -0.39 is 6.04 Å². The lowest BCUT2D eigenvalue weighted by Crippen LogP contribution is -2.48. The molecule has 1 amide bonds. The highest BCUT2D eigenvalue weighted by atomic mass is 16.1. The minimum atomic E-state index is -0.411. The predicted molar refractivity (Wildman–Crippen MR) is 75.5 cm³/mol. The number of anilines is 2. The van der Waals surface area contributed by atoms with Gasteiger partial charge in [0.05, 0.1) is 0 Å². The third-order valence-corrected chi connectivity index (χ3v) is 3.43. The van der Waals surface area contributed by atoms with Gasteiger partial charge in [0, 0.05) is 18.9 Å². The Morgan fingerprint density at radius 3 is 2.76 bits per heavy atom. The number of hydrogen-bond acceptors (Lipinski definition) is 7. The molecule has 0 spiro atoms. The number of carbonyl (C=O) groups excluding carboxylic acids is 1. The summed E-state index contributed by atoms with van der Waals surface area (Å²) in [5.74, 6) is 0.376. The third kappa shape index (κ3) is 2.62. The highest BCUT2D eigenvalue weighted by molar-refractivity contribution is 5.83. The van der Waals surface area contributed by atoms with Crippen molar-refractivity contribution < 1.29 is 4.79 Å². The molecule has 1 saturated heterocycles. The van der Waals surface area contributed by atoms with E-state index in [1.54, 1.807) is 23.4 Å². The van der Waals surface area contributed by atoms with E-state index in [4.69, 9.17) is 11.5 Å². The monoisotopic (exact) mass is 288 g/mol. The number of carbonyl (C=O) groups is 1. The van der Waals surface area contributed by atoms with Gasteiger partial charge in [-0.05, 0) is 25.3 Å². The van der Waals surface area contributed by atoms with Crippen molar-refractivity contribution in [1.82, 2.24) is 24.7 Å². The molecule has 3 heterocycles. The molecule has 1 aliphatic rings. The Kier molecular flexibility index (Phi) is 3.38. The van der Waals surface area contributed by atoms with Gasteiger partial charge in [-0.3, -0.25) is 4.79 Å². The van der Waals surface area contributed by atoms with Crippen LogP contribution in [0, 0.1) is 0 Å². The summed E-state index contributed by atoms with van der Waals surface area (Å²) in [6.45, 7) is 0.662. The zero-order valence-corrected chi connectivity index (χ0v) is 11.4. The first-order valence-corrected chi connectivity index (χ1v) is 6.72. The summed E-state index contributed by atoms with van der Waals surface area (Å²) < 4.78 is 1.49. The van der Waals surface area contributed by atoms with Gasteiger partial charge in [-0.25, -0.2) is 4.68 Å². The van der Waals surface area contributed by atoms with E-state index in [1.807, 2.05) is 0 Å². The molecule has 1 aliphatic heterocycles. The van der Waals surface area contributed by atoms with Gasteiger partial charge in [-0.2, -0.15) is 20.1 Å². The van der Waals surface area contributed by atoms with Crippen molar-refractivity contribution in [3.05, 3.63) is 18.5 Å². The van der Waals surface area contributed by atoms with Gasteiger partial charge in [-0.15, -0.1) is 0 Å². The van der Waals surface area contributed by atoms with Crippen LogP contribution in [0.1, 0.15) is 19.3 Å². The van der Waals surface area contributed by atoms with E-state index in [1.165, 1.54) is 4.68 Å². The number of nitrogen functional groups attached to an aromatic ring is 1. The van der Waals surface area contributed by atoms with Gasteiger partial charge in [-0.1, -0.05) is 0 Å². The SMILES string of the molecule is NC(=O)C1CCCCN1c1nc(N)nc(-n2cccn2)n1. The molecule has 2 aromatic rings. The summed E-state index contributed by atoms with van der Waals surface area (Å²) in [4.78, 5) is 25.9. The topological polar surface area (TPSA) is 129 Å². The molecule has 21 heavy (non-hydrogen) atoms. The van der Waals surface area contributed by atoms with E-state index in [-0.39, 0.29) is 11.9 Å². The van der Waals surface area contributed by atoms with Gasteiger partial charge in [0.2, 0.25) is 17.8 Å². The number of piperidine rings is 1. The number of aromatic nitrogens is 5. The number of nitrogens with zero attached hydrogens (tertiary/aromatic N) is 6. The van der Waals surface area contributed by atoms with E-state index in [2.05, 4.69) is 20.1 Å².